The summed E-state index contributed by atoms with van der Waals surface area (Å²) >= 11 is 1.58. The van der Waals surface area contributed by atoms with E-state index in [1.807, 2.05) is 91.9 Å². The largest absolute Gasteiger partial charge is 0.494 e. The van der Waals surface area contributed by atoms with Crippen molar-refractivity contribution >= 4 is 51.6 Å². The van der Waals surface area contributed by atoms with E-state index in [4.69, 9.17) is 4.74 Å². The van der Waals surface area contributed by atoms with Crippen LogP contribution in [-0.2, 0) is 14.4 Å². The summed E-state index contributed by atoms with van der Waals surface area (Å²) in [6, 6.07) is 20.8. The molecule has 232 valence electrons. The van der Waals surface area contributed by atoms with Crippen LogP contribution in [0.25, 0.3) is 10.8 Å². The Morgan fingerprint density at radius 1 is 0.867 bits per heavy atom. The topological polar surface area (TPSA) is 90.4 Å². The number of unbranched alkanes of at least 4 members (excludes halogenated alkanes) is 1. The van der Waals surface area contributed by atoms with Crippen LogP contribution in [0.4, 0.5) is 11.4 Å². The lowest BCUT2D eigenvalue weighted by Crippen LogP contribution is -2.53. The van der Waals surface area contributed by atoms with Crippen LogP contribution in [0.5, 0.6) is 5.75 Å². The van der Waals surface area contributed by atoms with Crippen LogP contribution >= 0.6 is 11.8 Å². The molecule has 8 nitrogen and oxygen atoms in total. The Balaban J connectivity index is 1.27. The molecule has 4 heterocycles. The van der Waals surface area contributed by atoms with Crippen LogP contribution < -0.4 is 14.5 Å². The molecule has 1 unspecified atom stereocenters. The SMILES string of the molecule is CCOc1ccc(N2CC=C[C@H]3S[C@]45C=CCN(c6ccc7ccccc7c6)C(=O)C4N(CCCCO)C(=O)[C@@H]5[C@H]3C2=O)cc1. The van der Waals surface area contributed by atoms with Gasteiger partial charge in [0.05, 0.1) is 23.2 Å². The van der Waals surface area contributed by atoms with Gasteiger partial charge in [-0.3, -0.25) is 14.4 Å². The van der Waals surface area contributed by atoms with Crippen molar-refractivity contribution in [2.24, 2.45) is 11.8 Å². The number of fused-ring (bicyclic) bond motifs is 3. The Morgan fingerprint density at radius 3 is 2.38 bits per heavy atom. The van der Waals surface area contributed by atoms with E-state index in [2.05, 4.69) is 6.08 Å². The molecule has 2 fully saturated rings. The summed E-state index contributed by atoms with van der Waals surface area (Å²) in [6.07, 6.45) is 9.21. The van der Waals surface area contributed by atoms with E-state index < -0.39 is 22.6 Å². The van der Waals surface area contributed by atoms with Crippen LogP contribution in [0.1, 0.15) is 19.8 Å². The lowest BCUT2D eigenvalue weighted by molar-refractivity contribution is -0.138. The molecule has 4 aliphatic heterocycles. The van der Waals surface area contributed by atoms with Crippen molar-refractivity contribution in [3.8, 4) is 5.75 Å². The van der Waals surface area contributed by atoms with Gasteiger partial charge in [-0.05, 0) is 66.9 Å². The first-order chi connectivity index (χ1) is 22.0. The highest BCUT2D eigenvalue weighted by Crippen LogP contribution is 2.61. The van der Waals surface area contributed by atoms with Crippen molar-refractivity contribution in [2.75, 3.05) is 42.6 Å². The molecule has 1 N–H and O–H groups in total. The predicted molar refractivity (Wildman–Crippen MR) is 177 cm³/mol. The van der Waals surface area contributed by atoms with E-state index in [0.717, 1.165) is 27.9 Å². The maximum Gasteiger partial charge on any atom is 0.251 e. The second-order valence-electron chi connectivity index (χ2n) is 12.0. The molecule has 0 aromatic heterocycles. The predicted octanol–water partition coefficient (Wildman–Crippen LogP) is 4.81. The molecule has 1 spiro atoms. The second-order valence-corrected chi connectivity index (χ2v) is 13.5. The number of ether oxygens (including phenoxy) is 1. The molecule has 0 aliphatic carbocycles. The fourth-order valence-electron chi connectivity index (χ4n) is 7.47. The maximum absolute atomic E-state index is 14.7. The molecule has 3 amide bonds. The van der Waals surface area contributed by atoms with Crippen LogP contribution in [0.3, 0.4) is 0 Å². The third-order valence-electron chi connectivity index (χ3n) is 9.47. The highest BCUT2D eigenvalue weighted by Gasteiger charge is 2.71. The van der Waals surface area contributed by atoms with Crippen LogP contribution in [0.2, 0.25) is 0 Å². The van der Waals surface area contributed by atoms with Gasteiger partial charge in [0.1, 0.15) is 11.8 Å². The van der Waals surface area contributed by atoms with Gasteiger partial charge in [-0.2, -0.15) is 0 Å². The first-order valence-corrected chi connectivity index (χ1v) is 16.6. The summed E-state index contributed by atoms with van der Waals surface area (Å²) in [5.74, 6) is -0.987. The van der Waals surface area contributed by atoms with Gasteiger partial charge < -0.3 is 24.5 Å². The molecule has 2 saturated heterocycles. The van der Waals surface area contributed by atoms with Crippen LogP contribution in [0, 0.1) is 11.8 Å². The fraction of sp³-hybridized carbons (Fsp3) is 0.361. The molecule has 0 saturated carbocycles. The number of likely N-dealkylation sites (tertiary alicyclic amines) is 1. The Bertz CT molecular complexity index is 1690. The number of thioether (sulfide) groups is 1. The number of benzene rings is 3. The summed E-state index contributed by atoms with van der Waals surface area (Å²) in [5.41, 5.74) is 1.53. The first-order valence-electron chi connectivity index (χ1n) is 15.7. The summed E-state index contributed by atoms with van der Waals surface area (Å²) < 4.78 is 4.71. The zero-order valence-electron chi connectivity index (χ0n) is 25.2. The molecule has 3 aromatic carbocycles. The molecular weight excluding hydrogens is 586 g/mol. The van der Waals surface area contributed by atoms with Crippen molar-refractivity contribution in [3.63, 3.8) is 0 Å². The van der Waals surface area contributed by atoms with Gasteiger partial charge in [0, 0.05) is 42.9 Å². The second kappa shape index (κ2) is 12.0. The number of carbonyl (C=O) groups excluding carboxylic acids is 3. The van der Waals surface area contributed by atoms with Crippen LogP contribution in [-0.4, -0.2) is 76.6 Å². The lowest BCUT2D eigenvalue weighted by atomic mass is 9.78. The number of anilines is 2. The summed E-state index contributed by atoms with van der Waals surface area (Å²) in [6.45, 7) is 3.62. The van der Waals surface area contributed by atoms with Crippen molar-refractivity contribution < 1.29 is 24.2 Å². The fourth-order valence-corrected chi connectivity index (χ4v) is 9.48. The minimum Gasteiger partial charge on any atom is -0.494 e. The molecule has 0 radical (unpaired) electrons. The number of hydrogen-bond acceptors (Lipinski definition) is 6. The monoisotopic (exact) mass is 623 g/mol. The Kier molecular flexibility index (Phi) is 7.91. The number of hydrogen-bond donors (Lipinski definition) is 1. The minimum atomic E-state index is -0.893. The third-order valence-corrected chi connectivity index (χ3v) is 11.2. The van der Waals surface area contributed by atoms with Gasteiger partial charge in [-0.15, -0.1) is 11.8 Å². The number of carbonyl (C=O) groups is 3. The lowest BCUT2D eigenvalue weighted by Gasteiger charge is -2.35. The van der Waals surface area contributed by atoms with Crippen molar-refractivity contribution in [2.45, 2.75) is 35.8 Å². The highest BCUT2D eigenvalue weighted by molar-refractivity contribution is 8.02. The normalized spacial score (nSPS) is 27.4. The van der Waals surface area contributed by atoms with E-state index in [-0.39, 0.29) is 29.6 Å². The molecule has 45 heavy (non-hydrogen) atoms. The van der Waals surface area contributed by atoms with Crippen molar-refractivity contribution in [1.29, 1.82) is 0 Å². The molecular formula is C36H37N3O5S. The molecule has 9 heteroatoms. The van der Waals surface area contributed by atoms with Crippen molar-refractivity contribution in [1.82, 2.24) is 4.90 Å². The molecule has 3 aromatic rings. The van der Waals surface area contributed by atoms with Gasteiger partial charge in [0.15, 0.2) is 0 Å². The highest BCUT2D eigenvalue weighted by atomic mass is 32.2. The quantitative estimate of drug-likeness (QED) is 0.286. The number of nitrogens with zero attached hydrogens (tertiary/aromatic N) is 3. The summed E-state index contributed by atoms with van der Waals surface area (Å²) in [7, 11) is 0. The minimum absolute atomic E-state index is 0.0120. The molecule has 4 aliphatic rings. The summed E-state index contributed by atoms with van der Waals surface area (Å²) in [4.78, 5) is 48.9. The van der Waals surface area contributed by atoms with Crippen LogP contribution in [0.15, 0.2) is 91.0 Å². The molecule has 7 rings (SSSR count). The van der Waals surface area contributed by atoms with E-state index in [1.165, 1.54) is 0 Å². The third kappa shape index (κ3) is 4.93. The smallest absolute Gasteiger partial charge is 0.251 e. The van der Waals surface area contributed by atoms with Gasteiger partial charge in [0.2, 0.25) is 11.8 Å². The van der Waals surface area contributed by atoms with E-state index in [0.29, 0.717) is 39.1 Å². The Labute approximate surface area is 267 Å². The van der Waals surface area contributed by atoms with Gasteiger partial charge in [-0.1, -0.05) is 54.6 Å². The number of aliphatic hydroxyl groups excluding tert-OH is 1. The van der Waals surface area contributed by atoms with E-state index in [9.17, 15) is 19.5 Å². The Morgan fingerprint density at radius 2 is 1.60 bits per heavy atom. The van der Waals surface area contributed by atoms with E-state index >= 15 is 0 Å². The van der Waals surface area contributed by atoms with Crippen molar-refractivity contribution in [3.05, 3.63) is 91.0 Å². The maximum atomic E-state index is 14.7. The molecule has 0 bridgehead atoms. The van der Waals surface area contributed by atoms with E-state index in [1.54, 1.807) is 26.5 Å². The van der Waals surface area contributed by atoms with Gasteiger partial charge in [-0.25, -0.2) is 0 Å². The average Bonchev–Trinajstić information content (AvgIpc) is 3.36. The summed E-state index contributed by atoms with van der Waals surface area (Å²) in [5, 5.41) is 11.4. The molecule has 5 atom stereocenters. The average molecular weight is 624 g/mol. The number of amides is 3. The zero-order chi connectivity index (χ0) is 31.1. The van der Waals surface area contributed by atoms with Gasteiger partial charge >= 0.3 is 0 Å². The first kappa shape index (κ1) is 29.6. The number of rotatable bonds is 8. The Hall–Kier alpha value is -4.08. The number of aliphatic hydroxyl groups is 1. The van der Waals surface area contributed by atoms with Gasteiger partial charge in [0.25, 0.3) is 5.91 Å². The standard InChI is InChI=1S/C36H37N3O5S/c1-2-44-28-16-14-26(15-17-28)37-20-7-11-29-30(33(37)41)31-34(42)39(19-5-6-22-40)32-35(43)38(21-8-18-36(31,32)45-29)27-13-12-24-9-3-4-10-25(24)23-27/h3-4,7-18,23,29-32,40H,2,5-6,19-22H2,1H3/t29-,30+,31+,32?,36+/m1/s1. The zero-order valence-corrected chi connectivity index (χ0v) is 26.1.